The quantitative estimate of drug-likeness (QED) is 0.840. The van der Waals surface area contributed by atoms with E-state index in [0.29, 0.717) is 11.8 Å². The van der Waals surface area contributed by atoms with Crippen LogP contribution >= 0.6 is 0 Å². The van der Waals surface area contributed by atoms with Crippen molar-refractivity contribution in [3.8, 4) is 0 Å². The molecule has 0 amide bonds. The summed E-state index contributed by atoms with van der Waals surface area (Å²) >= 11 is 0. The van der Waals surface area contributed by atoms with Gasteiger partial charge in [-0.3, -0.25) is 0 Å². The molecule has 0 aliphatic carbocycles. The molecule has 18 heavy (non-hydrogen) atoms. The number of nitrogens with two attached hydrogens (primary N) is 1. The number of aromatic nitrogens is 2. The lowest BCUT2D eigenvalue weighted by atomic mass is 10.0. The Kier molecular flexibility index (Phi) is 3.65. The Bertz CT molecular complexity index is 502. The third kappa shape index (κ3) is 2.88. The summed E-state index contributed by atoms with van der Waals surface area (Å²) in [5, 5.41) is 3.99. The van der Waals surface area contributed by atoms with Crippen LogP contribution in [0.25, 0.3) is 0 Å². The van der Waals surface area contributed by atoms with Crippen molar-refractivity contribution in [1.82, 2.24) is 10.1 Å². The number of nitrogen functional groups attached to an aromatic ring is 1. The zero-order chi connectivity index (χ0) is 13.1. The number of benzene rings is 1. The molecule has 2 aromatic rings. The predicted octanol–water partition coefficient (Wildman–Crippen LogP) is 3.12. The van der Waals surface area contributed by atoms with Crippen LogP contribution in [0.3, 0.4) is 0 Å². The van der Waals surface area contributed by atoms with Crippen molar-refractivity contribution in [2.75, 3.05) is 5.73 Å². The Morgan fingerprint density at radius 2 is 1.83 bits per heavy atom. The topological polar surface area (TPSA) is 64.9 Å². The average Bonchev–Trinajstić information content (AvgIpc) is 2.81. The summed E-state index contributed by atoms with van der Waals surface area (Å²) in [6.45, 7) is 6.20. The third-order valence-electron chi connectivity index (χ3n) is 2.92. The summed E-state index contributed by atoms with van der Waals surface area (Å²) < 4.78 is 5.30. The highest BCUT2D eigenvalue weighted by molar-refractivity contribution is 5.39. The van der Waals surface area contributed by atoms with Gasteiger partial charge in [0.15, 0.2) is 5.82 Å². The van der Waals surface area contributed by atoms with Gasteiger partial charge in [0.2, 0.25) is 5.89 Å². The molecule has 2 rings (SSSR count). The molecule has 4 nitrogen and oxygen atoms in total. The Labute approximate surface area is 107 Å². The highest BCUT2D eigenvalue weighted by Gasteiger charge is 2.16. The molecule has 0 aliphatic heterocycles. The SMILES string of the molecule is CC(C)c1noc(C(C)Cc2ccc(N)cc2)n1. The molecule has 0 aliphatic rings. The lowest BCUT2D eigenvalue weighted by Gasteiger charge is -2.06. The van der Waals surface area contributed by atoms with Crippen LogP contribution in [0.15, 0.2) is 28.8 Å². The Morgan fingerprint density at radius 3 is 2.39 bits per heavy atom. The van der Waals surface area contributed by atoms with E-state index >= 15 is 0 Å². The normalized spacial score (nSPS) is 12.9. The van der Waals surface area contributed by atoms with Gasteiger partial charge in [0.05, 0.1) is 0 Å². The maximum Gasteiger partial charge on any atom is 0.229 e. The van der Waals surface area contributed by atoms with Crippen LogP contribution in [0, 0.1) is 0 Å². The van der Waals surface area contributed by atoms with Crippen LogP contribution in [0.2, 0.25) is 0 Å². The van der Waals surface area contributed by atoms with Gasteiger partial charge < -0.3 is 10.3 Å². The van der Waals surface area contributed by atoms with Crippen LogP contribution in [-0.4, -0.2) is 10.1 Å². The molecule has 0 bridgehead atoms. The summed E-state index contributed by atoms with van der Waals surface area (Å²) in [5.74, 6) is 1.99. The molecular weight excluding hydrogens is 226 g/mol. The first-order valence-corrected chi connectivity index (χ1v) is 6.24. The molecular formula is C14H19N3O. The molecule has 0 spiro atoms. The molecule has 0 saturated carbocycles. The summed E-state index contributed by atoms with van der Waals surface area (Å²) in [4.78, 5) is 4.42. The zero-order valence-corrected chi connectivity index (χ0v) is 11.1. The van der Waals surface area contributed by atoms with Crippen molar-refractivity contribution >= 4 is 5.69 Å². The molecule has 96 valence electrons. The van der Waals surface area contributed by atoms with E-state index in [4.69, 9.17) is 10.3 Å². The van der Waals surface area contributed by atoms with Gasteiger partial charge in [-0.25, -0.2) is 0 Å². The molecule has 1 unspecified atom stereocenters. The minimum absolute atomic E-state index is 0.216. The van der Waals surface area contributed by atoms with E-state index in [1.54, 1.807) is 0 Å². The molecule has 0 saturated heterocycles. The number of nitrogens with zero attached hydrogens (tertiary/aromatic N) is 2. The molecule has 1 heterocycles. The first-order chi connectivity index (χ1) is 8.56. The van der Waals surface area contributed by atoms with E-state index in [1.165, 1.54) is 5.56 Å². The first-order valence-electron chi connectivity index (χ1n) is 6.24. The lowest BCUT2D eigenvalue weighted by molar-refractivity contribution is 0.353. The second kappa shape index (κ2) is 5.21. The standard InChI is InChI=1S/C14H19N3O/c1-9(2)13-16-14(18-17-13)10(3)8-11-4-6-12(15)7-5-11/h4-7,9-10H,8,15H2,1-3H3. The van der Waals surface area contributed by atoms with E-state index in [9.17, 15) is 0 Å². The van der Waals surface area contributed by atoms with Crippen LogP contribution in [-0.2, 0) is 6.42 Å². The molecule has 2 N–H and O–H groups in total. The van der Waals surface area contributed by atoms with Crippen LogP contribution in [0.1, 0.15) is 49.9 Å². The second-order valence-corrected chi connectivity index (χ2v) is 4.99. The lowest BCUT2D eigenvalue weighted by Crippen LogP contribution is -2.00. The van der Waals surface area contributed by atoms with Crippen LogP contribution in [0.4, 0.5) is 5.69 Å². The zero-order valence-electron chi connectivity index (χ0n) is 11.1. The molecule has 0 fully saturated rings. The van der Waals surface area contributed by atoms with E-state index in [1.807, 2.05) is 24.3 Å². The molecule has 1 aromatic heterocycles. The highest BCUT2D eigenvalue weighted by atomic mass is 16.5. The smallest absolute Gasteiger partial charge is 0.229 e. The monoisotopic (exact) mass is 245 g/mol. The van der Waals surface area contributed by atoms with Gasteiger partial charge in [0.25, 0.3) is 0 Å². The Balaban J connectivity index is 2.06. The fraction of sp³-hybridized carbons (Fsp3) is 0.429. The fourth-order valence-electron chi connectivity index (χ4n) is 1.78. The largest absolute Gasteiger partial charge is 0.399 e. The number of anilines is 1. The highest BCUT2D eigenvalue weighted by Crippen LogP contribution is 2.21. The summed E-state index contributed by atoms with van der Waals surface area (Å²) in [6, 6.07) is 7.89. The summed E-state index contributed by atoms with van der Waals surface area (Å²) in [7, 11) is 0. The van der Waals surface area contributed by atoms with Gasteiger partial charge in [-0.15, -0.1) is 0 Å². The first kappa shape index (κ1) is 12.6. The predicted molar refractivity (Wildman–Crippen MR) is 71.4 cm³/mol. The molecule has 1 aromatic carbocycles. The van der Waals surface area contributed by atoms with Crippen molar-refractivity contribution in [2.45, 2.75) is 39.0 Å². The van der Waals surface area contributed by atoms with E-state index in [-0.39, 0.29) is 5.92 Å². The number of hydrogen-bond acceptors (Lipinski definition) is 4. The number of hydrogen-bond donors (Lipinski definition) is 1. The maximum atomic E-state index is 5.66. The average molecular weight is 245 g/mol. The Morgan fingerprint density at radius 1 is 1.17 bits per heavy atom. The fourth-order valence-corrected chi connectivity index (χ4v) is 1.78. The van der Waals surface area contributed by atoms with E-state index in [2.05, 4.69) is 30.9 Å². The van der Waals surface area contributed by atoms with Gasteiger partial charge in [-0.2, -0.15) is 4.98 Å². The van der Waals surface area contributed by atoms with Crippen LogP contribution < -0.4 is 5.73 Å². The third-order valence-corrected chi connectivity index (χ3v) is 2.92. The van der Waals surface area contributed by atoms with E-state index < -0.39 is 0 Å². The van der Waals surface area contributed by atoms with Crippen molar-refractivity contribution in [3.05, 3.63) is 41.5 Å². The van der Waals surface area contributed by atoms with E-state index in [0.717, 1.165) is 17.9 Å². The van der Waals surface area contributed by atoms with Gasteiger partial charge in [0.1, 0.15) is 0 Å². The minimum Gasteiger partial charge on any atom is -0.399 e. The van der Waals surface area contributed by atoms with Crippen LogP contribution in [0.5, 0.6) is 0 Å². The van der Waals surface area contributed by atoms with Gasteiger partial charge in [-0.1, -0.05) is 38.1 Å². The number of rotatable bonds is 4. The van der Waals surface area contributed by atoms with Crippen molar-refractivity contribution in [2.24, 2.45) is 0 Å². The van der Waals surface area contributed by atoms with Crippen molar-refractivity contribution in [3.63, 3.8) is 0 Å². The Hall–Kier alpha value is -1.84. The molecule has 0 radical (unpaired) electrons. The van der Waals surface area contributed by atoms with Crippen molar-refractivity contribution < 1.29 is 4.52 Å². The second-order valence-electron chi connectivity index (χ2n) is 4.99. The minimum atomic E-state index is 0.216. The summed E-state index contributed by atoms with van der Waals surface area (Å²) in [6.07, 6.45) is 0.875. The van der Waals surface area contributed by atoms with Crippen molar-refractivity contribution in [1.29, 1.82) is 0 Å². The molecule has 1 atom stereocenters. The molecule has 4 heteroatoms. The van der Waals surface area contributed by atoms with Gasteiger partial charge in [-0.05, 0) is 24.1 Å². The maximum absolute atomic E-state index is 5.66. The van der Waals surface area contributed by atoms with Gasteiger partial charge in [0, 0.05) is 17.5 Å². The summed E-state index contributed by atoms with van der Waals surface area (Å²) in [5.41, 5.74) is 7.67. The van der Waals surface area contributed by atoms with Gasteiger partial charge >= 0.3 is 0 Å².